The monoisotopic (exact) mass is 351 g/mol. The van der Waals surface area contributed by atoms with E-state index in [2.05, 4.69) is 78.3 Å². The maximum absolute atomic E-state index is 5.96. The molecule has 0 bridgehead atoms. The summed E-state index contributed by atoms with van der Waals surface area (Å²) in [6, 6.07) is 23.3. The Kier molecular flexibility index (Phi) is 3.54. The molecule has 0 aliphatic heterocycles. The Morgan fingerprint density at radius 3 is 2.59 bits per heavy atom. The molecule has 5 rings (SSSR count). The Balaban J connectivity index is 1.67. The number of aryl methyl sites for hydroxylation is 2. The van der Waals surface area contributed by atoms with Gasteiger partial charge in [0.25, 0.3) is 0 Å². The highest BCUT2D eigenvalue weighted by atomic mass is 16.3. The lowest BCUT2D eigenvalue weighted by atomic mass is 9.97. The van der Waals surface area contributed by atoms with Crippen molar-refractivity contribution in [1.82, 2.24) is 4.98 Å². The van der Waals surface area contributed by atoms with E-state index in [1.54, 1.807) is 6.20 Å². The van der Waals surface area contributed by atoms with Gasteiger partial charge in [0.05, 0.1) is 0 Å². The van der Waals surface area contributed by atoms with Crippen LogP contribution in [0.3, 0.4) is 0 Å². The zero-order chi connectivity index (χ0) is 18.4. The highest BCUT2D eigenvalue weighted by Crippen LogP contribution is 2.33. The van der Waals surface area contributed by atoms with Crippen LogP contribution in [0.2, 0.25) is 0 Å². The maximum Gasteiger partial charge on any atom is 0.227 e. The Hall–Kier alpha value is -3.46. The second kappa shape index (κ2) is 6.06. The van der Waals surface area contributed by atoms with Crippen molar-refractivity contribution in [2.75, 3.05) is 0 Å². The van der Waals surface area contributed by atoms with Gasteiger partial charge >= 0.3 is 0 Å². The fraction of sp³-hybridized carbons (Fsp3) is 0.0833. The largest absolute Gasteiger partial charge is 0.438 e. The molecule has 0 radical (unpaired) electrons. The van der Waals surface area contributed by atoms with Crippen molar-refractivity contribution >= 4 is 22.1 Å². The van der Waals surface area contributed by atoms with Crippen LogP contribution in [0.5, 0.6) is 0 Å². The predicted molar refractivity (Wildman–Crippen MR) is 108 cm³/mol. The number of nitrogens with zero attached hydrogens (tertiary/aromatic N) is 2. The first-order valence-corrected chi connectivity index (χ1v) is 9.04. The Bertz CT molecular complexity index is 1300. The van der Waals surface area contributed by atoms with Gasteiger partial charge in [-0.1, -0.05) is 18.2 Å². The Labute approximate surface area is 157 Å². The molecule has 0 unspecified atom stereocenters. The van der Waals surface area contributed by atoms with Crippen LogP contribution in [0.4, 0.5) is 0 Å². The number of hydrogen-bond donors (Lipinski definition) is 0. The van der Waals surface area contributed by atoms with Crippen LogP contribution < -0.4 is 4.57 Å². The summed E-state index contributed by atoms with van der Waals surface area (Å²) < 4.78 is 8.11. The van der Waals surface area contributed by atoms with Crippen LogP contribution in [-0.4, -0.2) is 4.98 Å². The maximum atomic E-state index is 5.96. The average molecular weight is 351 g/mol. The minimum absolute atomic E-state index is 0.686. The van der Waals surface area contributed by atoms with E-state index in [1.807, 2.05) is 18.2 Å². The van der Waals surface area contributed by atoms with Crippen LogP contribution in [0.1, 0.15) is 5.56 Å². The van der Waals surface area contributed by atoms with Gasteiger partial charge in [-0.05, 0) is 60.0 Å². The van der Waals surface area contributed by atoms with Crippen molar-refractivity contribution in [3.8, 4) is 22.4 Å². The number of furan rings is 1. The zero-order valence-corrected chi connectivity index (χ0v) is 15.3. The van der Waals surface area contributed by atoms with Crippen molar-refractivity contribution in [2.24, 2.45) is 7.05 Å². The molecular weight excluding hydrogens is 332 g/mol. The van der Waals surface area contributed by atoms with Gasteiger partial charge in [0.15, 0.2) is 6.20 Å². The summed E-state index contributed by atoms with van der Waals surface area (Å²) in [7, 11) is 2.08. The zero-order valence-electron chi connectivity index (χ0n) is 15.3. The Morgan fingerprint density at radius 1 is 0.852 bits per heavy atom. The van der Waals surface area contributed by atoms with Gasteiger partial charge in [0.2, 0.25) is 11.4 Å². The molecule has 27 heavy (non-hydrogen) atoms. The second-order valence-corrected chi connectivity index (χ2v) is 6.90. The molecule has 3 nitrogen and oxygen atoms in total. The lowest BCUT2D eigenvalue weighted by Crippen LogP contribution is -2.30. The summed E-state index contributed by atoms with van der Waals surface area (Å²) in [5, 5.41) is 2.16. The fourth-order valence-electron chi connectivity index (χ4n) is 3.67. The van der Waals surface area contributed by atoms with Crippen molar-refractivity contribution in [2.45, 2.75) is 6.92 Å². The Morgan fingerprint density at radius 2 is 1.70 bits per heavy atom. The fourth-order valence-corrected chi connectivity index (χ4v) is 3.67. The summed E-state index contributed by atoms with van der Waals surface area (Å²) in [6.07, 6.45) is 3.84. The van der Waals surface area contributed by atoms with Gasteiger partial charge in [0.1, 0.15) is 12.6 Å². The highest BCUT2D eigenvalue weighted by Gasteiger charge is 2.14. The van der Waals surface area contributed by atoms with Gasteiger partial charge in [-0.15, -0.1) is 0 Å². The number of fused-ring (bicyclic) bond motifs is 3. The normalized spacial score (nSPS) is 11.3. The SMILES string of the molecule is Cc1ccc(-c2ccc3c(c2)oc2ncccc23)cc1-c1cccc[n+]1C. The standard InChI is InChI=1S/C24H19N2O/c1-16-8-9-17(14-21(16)22-7-3-4-13-26(22)2)18-10-11-19-20-6-5-12-25-24(20)27-23(19)15-18/h3-15H,1-2H3/q+1. The van der Waals surface area contributed by atoms with Gasteiger partial charge < -0.3 is 4.42 Å². The molecule has 0 atom stereocenters. The highest BCUT2D eigenvalue weighted by molar-refractivity contribution is 6.04. The molecule has 130 valence electrons. The molecule has 0 fully saturated rings. The van der Waals surface area contributed by atoms with E-state index in [1.165, 1.54) is 22.4 Å². The van der Waals surface area contributed by atoms with E-state index < -0.39 is 0 Å². The summed E-state index contributed by atoms with van der Waals surface area (Å²) in [5.74, 6) is 0. The number of pyridine rings is 2. The first kappa shape index (κ1) is 15.8. The van der Waals surface area contributed by atoms with E-state index in [9.17, 15) is 0 Å². The lowest BCUT2D eigenvalue weighted by molar-refractivity contribution is -0.660. The molecule has 0 aliphatic rings. The molecule has 0 saturated heterocycles. The first-order chi connectivity index (χ1) is 13.2. The van der Waals surface area contributed by atoms with Gasteiger partial charge in [-0.2, -0.15) is 0 Å². The van der Waals surface area contributed by atoms with Gasteiger partial charge in [-0.25, -0.2) is 9.55 Å². The molecular formula is C24H19N2O+. The van der Waals surface area contributed by atoms with Gasteiger partial charge in [0, 0.05) is 34.7 Å². The van der Waals surface area contributed by atoms with Crippen LogP contribution in [0.15, 0.2) is 83.5 Å². The molecule has 0 spiro atoms. The third-order valence-corrected chi connectivity index (χ3v) is 5.15. The number of rotatable bonds is 2. The third kappa shape index (κ3) is 2.59. The molecule has 5 aromatic rings. The molecule has 0 aliphatic carbocycles. The topological polar surface area (TPSA) is 29.9 Å². The van der Waals surface area contributed by atoms with Crippen LogP contribution in [0.25, 0.3) is 44.5 Å². The van der Waals surface area contributed by atoms with E-state index in [4.69, 9.17) is 4.42 Å². The van der Waals surface area contributed by atoms with E-state index in [0.29, 0.717) is 5.71 Å². The number of benzene rings is 2. The third-order valence-electron chi connectivity index (χ3n) is 5.15. The molecule has 2 aromatic carbocycles. The second-order valence-electron chi connectivity index (χ2n) is 6.90. The average Bonchev–Trinajstić information content (AvgIpc) is 3.07. The number of hydrogen-bond acceptors (Lipinski definition) is 2. The smallest absolute Gasteiger partial charge is 0.227 e. The van der Waals surface area contributed by atoms with Crippen LogP contribution in [0, 0.1) is 6.92 Å². The van der Waals surface area contributed by atoms with Crippen molar-refractivity contribution < 1.29 is 8.98 Å². The van der Waals surface area contributed by atoms with Crippen molar-refractivity contribution in [3.63, 3.8) is 0 Å². The minimum atomic E-state index is 0.686. The summed E-state index contributed by atoms with van der Waals surface area (Å²) in [4.78, 5) is 4.33. The van der Waals surface area contributed by atoms with E-state index in [-0.39, 0.29) is 0 Å². The molecule has 3 aromatic heterocycles. The molecule has 3 heteroatoms. The van der Waals surface area contributed by atoms with E-state index >= 15 is 0 Å². The first-order valence-electron chi connectivity index (χ1n) is 9.04. The van der Waals surface area contributed by atoms with Gasteiger partial charge in [-0.3, -0.25) is 0 Å². The van der Waals surface area contributed by atoms with E-state index in [0.717, 1.165) is 21.9 Å². The number of aromatic nitrogens is 2. The summed E-state index contributed by atoms with van der Waals surface area (Å²) in [6.45, 7) is 2.15. The van der Waals surface area contributed by atoms with Crippen LogP contribution >= 0.6 is 0 Å². The molecule has 0 N–H and O–H groups in total. The molecule has 0 saturated carbocycles. The quantitative estimate of drug-likeness (QED) is 0.396. The van der Waals surface area contributed by atoms with Crippen molar-refractivity contribution in [1.29, 1.82) is 0 Å². The minimum Gasteiger partial charge on any atom is -0.438 e. The van der Waals surface area contributed by atoms with Crippen LogP contribution in [-0.2, 0) is 7.05 Å². The lowest BCUT2D eigenvalue weighted by Gasteiger charge is -2.08. The molecule has 3 heterocycles. The van der Waals surface area contributed by atoms with Crippen molar-refractivity contribution in [3.05, 3.63) is 84.7 Å². The molecule has 0 amide bonds. The summed E-state index contributed by atoms with van der Waals surface area (Å²) >= 11 is 0. The predicted octanol–water partition coefficient (Wildman–Crippen LogP) is 5.45. The summed E-state index contributed by atoms with van der Waals surface area (Å²) in [5.41, 5.74) is 7.57.